The molecule has 0 aliphatic carbocycles. The van der Waals surface area contributed by atoms with Crippen molar-refractivity contribution in [3.63, 3.8) is 0 Å². The summed E-state index contributed by atoms with van der Waals surface area (Å²) in [4.78, 5) is 0. The number of hydrogen-bond acceptors (Lipinski definition) is 1. The van der Waals surface area contributed by atoms with E-state index in [2.05, 4.69) is 22.0 Å². The molecule has 59 valence electrons. The smallest absolute Gasteiger partial charge is 0.157 e. The largest absolute Gasteiger partial charge is 0.494 e. The number of rotatable bonds is 1. The highest BCUT2D eigenvalue weighted by atomic mass is 79.9. The lowest BCUT2D eigenvalue weighted by atomic mass is 10.3. The molecule has 1 radical (unpaired) electrons. The van der Waals surface area contributed by atoms with Crippen LogP contribution in [0.15, 0.2) is 10.5 Å². The van der Waals surface area contributed by atoms with Crippen LogP contribution in [0, 0.1) is 6.07 Å². The molecular formula is C7H4BrCl2O. The molecule has 0 heterocycles. The molecule has 0 bridgehead atoms. The van der Waals surface area contributed by atoms with Crippen molar-refractivity contribution >= 4 is 39.1 Å². The van der Waals surface area contributed by atoms with Crippen molar-refractivity contribution in [3.05, 3.63) is 26.7 Å². The molecular weight excluding hydrogens is 251 g/mol. The van der Waals surface area contributed by atoms with E-state index >= 15 is 0 Å². The zero-order valence-corrected chi connectivity index (χ0v) is 8.72. The summed E-state index contributed by atoms with van der Waals surface area (Å²) < 4.78 is 5.60. The van der Waals surface area contributed by atoms with Crippen molar-refractivity contribution in [1.29, 1.82) is 0 Å². The van der Waals surface area contributed by atoms with Crippen molar-refractivity contribution in [3.8, 4) is 5.75 Å². The van der Waals surface area contributed by atoms with Crippen LogP contribution in [-0.2, 0) is 0 Å². The Morgan fingerprint density at radius 2 is 2.18 bits per heavy atom. The molecule has 0 aliphatic rings. The molecule has 0 unspecified atom stereocenters. The second-order valence-corrected chi connectivity index (χ2v) is 3.38. The van der Waals surface area contributed by atoms with Gasteiger partial charge in [-0.25, -0.2) is 0 Å². The topological polar surface area (TPSA) is 9.23 Å². The Labute approximate surface area is 83.4 Å². The number of ether oxygens (including phenoxy) is 1. The van der Waals surface area contributed by atoms with E-state index in [1.165, 1.54) is 7.11 Å². The van der Waals surface area contributed by atoms with Crippen LogP contribution in [0.5, 0.6) is 5.75 Å². The van der Waals surface area contributed by atoms with Gasteiger partial charge in [0.25, 0.3) is 0 Å². The molecule has 0 saturated carbocycles. The summed E-state index contributed by atoms with van der Waals surface area (Å²) in [6.07, 6.45) is 0. The van der Waals surface area contributed by atoms with Gasteiger partial charge in [-0.1, -0.05) is 23.2 Å². The predicted molar refractivity (Wildman–Crippen MR) is 49.6 cm³/mol. The van der Waals surface area contributed by atoms with Crippen LogP contribution >= 0.6 is 39.1 Å². The molecule has 0 N–H and O–H groups in total. The molecule has 0 atom stereocenters. The fourth-order valence-corrected chi connectivity index (χ4v) is 1.45. The molecule has 0 saturated heterocycles. The summed E-state index contributed by atoms with van der Waals surface area (Å²) in [5.74, 6) is 0.471. The van der Waals surface area contributed by atoms with E-state index in [1.54, 1.807) is 6.07 Å². The lowest BCUT2D eigenvalue weighted by Gasteiger charge is -2.05. The van der Waals surface area contributed by atoms with Crippen molar-refractivity contribution in [2.45, 2.75) is 0 Å². The zero-order chi connectivity index (χ0) is 8.43. The highest BCUT2D eigenvalue weighted by Crippen LogP contribution is 2.37. The van der Waals surface area contributed by atoms with Crippen LogP contribution in [0.4, 0.5) is 0 Å². The van der Waals surface area contributed by atoms with Crippen LogP contribution < -0.4 is 4.74 Å². The van der Waals surface area contributed by atoms with Crippen molar-refractivity contribution in [2.24, 2.45) is 0 Å². The Morgan fingerprint density at radius 3 is 2.64 bits per heavy atom. The predicted octanol–water partition coefficient (Wildman–Crippen LogP) is 3.56. The molecule has 0 spiro atoms. The number of benzene rings is 1. The Hall–Kier alpha value is 0.0800. The normalized spacial score (nSPS) is 9.82. The van der Waals surface area contributed by atoms with Crippen molar-refractivity contribution in [1.82, 2.24) is 0 Å². The second kappa shape index (κ2) is 3.65. The van der Waals surface area contributed by atoms with Gasteiger partial charge in [0.15, 0.2) is 5.75 Å². The molecule has 0 aliphatic heterocycles. The van der Waals surface area contributed by atoms with Crippen LogP contribution in [0.25, 0.3) is 0 Å². The first-order chi connectivity index (χ1) is 5.16. The van der Waals surface area contributed by atoms with Gasteiger partial charge in [0, 0.05) is 10.5 Å². The lowest BCUT2D eigenvalue weighted by molar-refractivity contribution is 0.415. The highest BCUT2D eigenvalue weighted by Gasteiger charge is 2.08. The zero-order valence-electron chi connectivity index (χ0n) is 5.62. The van der Waals surface area contributed by atoms with E-state index in [1.807, 2.05) is 0 Å². The third-order valence-corrected chi connectivity index (χ3v) is 2.63. The highest BCUT2D eigenvalue weighted by molar-refractivity contribution is 9.10. The Morgan fingerprint density at radius 1 is 1.55 bits per heavy atom. The molecule has 1 rings (SSSR count). The number of methoxy groups -OCH3 is 1. The third kappa shape index (κ3) is 1.81. The molecule has 1 aromatic rings. The van der Waals surface area contributed by atoms with Gasteiger partial charge in [0.1, 0.15) is 0 Å². The summed E-state index contributed by atoms with van der Waals surface area (Å²) in [6, 6.07) is 4.41. The fourth-order valence-electron chi connectivity index (χ4n) is 0.647. The molecule has 0 fully saturated rings. The minimum absolute atomic E-state index is 0.444. The van der Waals surface area contributed by atoms with Crippen LogP contribution in [0.1, 0.15) is 0 Å². The molecule has 11 heavy (non-hydrogen) atoms. The summed E-state index contributed by atoms with van der Waals surface area (Å²) >= 11 is 14.7. The first-order valence-electron chi connectivity index (χ1n) is 2.76. The van der Waals surface area contributed by atoms with E-state index in [4.69, 9.17) is 27.9 Å². The summed E-state index contributed by atoms with van der Waals surface area (Å²) in [5.41, 5.74) is 0. The van der Waals surface area contributed by atoms with Crippen LogP contribution in [0.2, 0.25) is 10.0 Å². The van der Waals surface area contributed by atoms with E-state index < -0.39 is 0 Å². The molecule has 0 amide bonds. The Kier molecular flexibility index (Phi) is 3.05. The van der Waals surface area contributed by atoms with Gasteiger partial charge >= 0.3 is 0 Å². The second-order valence-electron chi connectivity index (χ2n) is 1.80. The number of hydrogen-bond donors (Lipinski definition) is 0. The monoisotopic (exact) mass is 253 g/mol. The number of halogens is 3. The van der Waals surface area contributed by atoms with E-state index in [9.17, 15) is 0 Å². The van der Waals surface area contributed by atoms with Crippen molar-refractivity contribution < 1.29 is 4.74 Å². The Balaban J connectivity index is 3.29. The molecule has 1 nitrogen and oxygen atoms in total. The third-order valence-electron chi connectivity index (χ3n) is 1.14. The SMILES string of the molecule is COc1c(Cl)c[c]c(Br)c1Cl. The van der Waals surface area contributed by atoms with E-state index in [0.29, 0.717) is 20.3 Å². The molecule has 4 heteroatoms. The summed E-state index contributed by atoms with van der Waals surface area (Å²) in [7, 11) is 1.51. The van der Waals surface area contributed by atoms with Gasteiger partial charge in [0.05, 0.1) is 17.2 Å². The van der Waals surface area contributed by atoms with Gasteiger partial charge in [-0.05, 0) is 22.0 Å². The average molecular weight is 255 g/mol. The van der Waals surface area contributed by atoms with Crippen LogP contribution in [-0.4, -0.2) is 7.11 Å². The van der Waals surface area contributed by atoms with Gasteiger partial charge < -0.3 is 4.74 Å². The maximum Gasteiger partial charge on any atom is 0.157 e. The minimum atomic E-state index is 0.444. The first-order valence-corrected chi connectivity index (χ1v) is 4.31. The summed E-state index contributed by atoms with van der Waals surface area (Å²) in [6.45, 7) is 0. The fraction of sp³-hybridized carbons (Fsp3) is 0.143. The molecule has 0 aromatic heterocycles. The summed E-state index contributed by atoms with van der Waals surface area (Å²) in [5, 5.41) is 0.903. The minimum Gasteiger partial charge on any atom is -0.494 e. The standard InChI is InChI=1S/C7H4BrCl2O/c1-11-7-5(9)3-2-4(8)6(7)10/h3H,1H3. The maximum atomic E-state index is 5.81. The Bertz CT molecular complexity index is 275. The van der Waals surface area contributed by atoms with Gasteiger partial charge in [-0.3, -0.25) is 0 Å². The lowest BCUT2D eigenvalue weighted by Crippen LogP contribution is -1.85. The first kappa shape index (κ1) is 9.17. The maximum absolute atomic E-state index is 5.81. The van der Waals surface area contributed by atoms with Crippen molar-refractivity contribution in [2.75, 3.05) is 7.11 Å². The van der Waals surface area contributed by atoms with Gasteiger partial charge in [0.2, 0.25) is 0 Å². The van der Waals surface area contributed by atoms with Gasteiger partial charge in [-0.15, -0.1) is 0 Å². The van der Waals surface area contributed by atoms with Gasteiger partial charge in [-0.2, -0.15) is 0 Å². The van der Waals surface area contributed by atoms with E-state index in [-0.39, 0.29) is 0 Å². The average Bonchev–Trinajstić information content (AvgIpc) is 1.99. The quantitative estimate of drug-likeness (QED) is 0.697. The molecule has 1 aromatic carbocycles. The van der Waals surface area contributed by atoms with E-state index in [0.717, 1.165) is 0 Å². The van der Waals surface area contributed by atoms with Crippen LogP contribution in [0.3, 0.4) is 0 Å².